The molecule has 124 valence electrons. The highest BCUT2D eigenvalue weighted by atomic mass is 32.2. The molecule has 2 aromatic rings. The Bertz CT molecular complexity index is 761. The zero-order chi connectivity index (χ0) is 16.9. The van der Waals surface area contributed by atoms with E-state index in [9.17, 15) is 9.59 Å². The zero-order valence-corrected chi connectivity index (χ0v) is 14.4. The Balaban J connectivity index is 1.55. The molecular weight excluding hydrogens is 320 g/mol. The van der Waals surface area contributed by atoms with Crippen LogP contribution in [0.2, 0.25) is 0 Å². The Hall–Kier alpha value is -2.27. The number of thioether (sulfide) groups is 1. The fourth-order valence-electron chi connectivity index (χ4n) is 2.88. The molecule has 4 nitrogen and oxygen atoms in total. The van der Waals surface area contributed by atoms with E-state index >= 15 is 0 Å². The number of carbonyl (C=O) groups is 2. The molecule has 2 amide bonds. The van der Waals surface area contributed by atoms with Crippen LogP contribution < -0.4 is 10.6 Å². The molecule has 2 N–H and O–H groups in total. The predicted molar refractivity (Wildman–Crippen MR) is 98.4 cm³/mol. The minimum atomic E-state index is -0.150. The van der Waals surface area contributed by atoms with E-state index < -0.39 is 0 Å². The number of para-hydroxylation sites is 1. The highest BCUT2D eigenvalue weighted by Gasteiger charge is 2.26. The molecule has 24 heavy (non-hydrogen) atoms. The third-order valence-electron chi connectivity index (χ3n) is 4.19. The highest BCUT2D eigenvalue weighted by Crippen LogP contribution is 2.27. The van der Waals surface area contributed by atoms with Crippen LogP contribution >= 0.6 is 11.8 Å². The van der Waals surface area contributed by atoms with Crippen LogP contribution in [-0.4, -0.2) is 18.1 Å². The van der Waals surface area contributed by atoms with Crippen molar-refractivity contribution in [1.82, 2.24) is 0 Å². The number of benzene rings is 2. The van der Waals surface area contributed by atoms with Crippen LogP contribution in [0, 0.1) is 5.92 Å². The first kappa shape index (κ1) is 16.6. The molecule has 0 saturated heterocycles. The first-order chi connectivity index (χ1) is 11.7. The topological polar surface area (TPSA) is 58.2 Å². The van der Waals surface area contributed by atoms with Crippen LogP contribution in [-0.2, 0) is 16.0 Å². The van der Waals surface area contributed by atoms with Crippen LogP contribution in [0.1, 0.15) is 18.4 Å². The van der Waals surface area contributed by atoms with Gasteiger partial charge < -0.3 is 10.6 Å². The number of hydrogen-bond acceptors (Lipinski definition) is 3. The molecule has 1 atom stereocenters. The van der Waals surface area contributed by atoms with Crippen molar-refractivity contribution in [2.75, 3.05) is 16.9 Å². The summed E-state index contributed by atoms with van der Waals surface area (Å²) in [6, 6.07) is 15.6. The second kappa shape index (κ2) is 7.53. The molecule has 3 rings (SSSR count). The van der Waals surface area contributed by atoms with Crippen molar-refractivity contribution in [1.29, 1.82) is 0 Å². The van der Waals surface area contributed by atoms with E-state index in [4.69, 9.17) is 0 Å². The third kappa shape index (κ3) is 3.97. The normalized spacial score (nSPS) is 16.2. The molecule has 1 aliphatic heterocycles. The first-order valence-corrected chi connectivity index (χ1v) is 9.21. The van der Waals surface area contributed by atoms with Gasteiger partial charge in [-0.3, -0.25) is 9.59 Å². The Labute approximate surface area is 146 Å². The van der Waals surface area contributed by atoms with Crippen LogP contribution in [0.5, 0.6) is 0 Å². The lowest BCUT2D eigenvalue weighted by Gasteiger charge is -2.24. The SMILES string of the molecule is CSc1cccc(NC(=O)CC[C@@H]2Cc3ccccc3NC2=O)c1. The van der Waals surface area contributed by atoms with E-state index in [1.54, 1.807) is 11.8 Å². The zero-order valence-electron chi connectivity index (χ0n) is 13.5. The maximum absolute atomic E-state index is 12.2. The van der Waals surface area contributed by atoms with Crippen molar-refractivity contribution in [3.8, 4) is 0 Å². The van der Waals surface area contributed by atoms with Crippen LogP contribution in [0.15, 0.2) is 53.4 Å². The monoisotopic (exact) mass is 340 g/mol. The molecule has 0 fully saturated rings. The largest absolute Gasteiger partial charge is 0.326 e. The average Bonchev–Trinajstić information content (AvgIpc) is 2.60. The van der Waals surface area contributed by atoms with Crippen molar-refractivity contribution < 1.29 is 9.59 Å². The molecule has 1 heterocycles. The van der Waals surface area contributed by atoms with Crippen LogP contribution in [0.25, 0.3) is 0 Å². The molecule has 0 spiro atoms. The van der Waals surface area contributed by atoms with Crippen LogP contribution in [0.3, 0.4) is 0 Å². The van der Waals surface area contributed by atoms with Gasteiger partial charge in [0.05, 0.1) is 0 Å². The first-order valence-electron chi connectivity index (χ1n) is 7.98. The Morgan fingerprint density at radius 1 is 1.25 bits per heavy atom. The van der Waals surface area contributed by atoms with Gasteiger partial charge in [-0.2, -0.15) is 0 Å². The van der Waals surface area contributed by atoms with Gasteiger partial charge in [0.25, 0.3) is 0 Å². The van der Waals surface area contributed by atoms with Gasteiger partial charge in [-0.25, -0.2) is 0 Å². The van der Waals surface area contributed by atoms with Crippen molar-refractivity contribution in [3.05, 3.63) is 54.1 Å². The van der Waals surface area contributed by atoms with Gasteiger partial charge in [0.15, 0.2) is 0 Å². The van der Waals surface area contributed by atoms with Crippen molar-refractivity contribution in [3.63, 3.8) is 0 Å². The molecule has 1 aliphatic rings. The van der Waals surface area contributed by atoms with Crippen molar-refractivity contribution in [2.45, 2.75) is 24.2 Å². The van der Waals surface area contributed by atoms with E-state index in [0.29, 0.717) is 19.3 Å². The van der Waals surface area contributed by atoms with E-state index in [0.717, 1.165) is 21.8 Å². The van der Waals surface area contributed by atoms with E-state index in [2.05, 4.69) is 10.6 Å². The number of fused-ring (bicyclic) bond motifs is 1. The van der Waals surface area contributed by atoms with E-state index in [1.807, 2.05) is 54.8 Å². The van der Waals surface area contributed by atoms with Crippen molar-refractivity contribution >= 4 is 35.0 Å². The van der Waals surface area contributed by atoms with Gasteiger partial charge in [0.1, 0.15) is 0 Å². The molecule has 0 saturated carbocycles. The second-order valence-electron chi connectivity index (χ2n) is 5.87. The standard InChI is InChI=1S/C19H20N2O2S/c1-24-16-7-4-6-15(12-16)20-18(22)10-9-14-11-13-5-2-3-8-17(13)21-19(14)23/h2-8,12,14H,9-11H2,1H3,(H,20,22)(H,21,23)/t14-/m1/s1. The summed E-state index contributed by atoms with van der Waals surface area (Å²) >= 11 is 1.64. The highest BCUT2D eigenvalue weighted by molar-refractivity contribution is 7.98. The number of anilines is 2. The summed E-state index contributed by atoms with van der Waals surface area (Å²) in [5.74, 6) is -0.200. The molecule has 0 bridgehead atoms. The van der Waals surface area contributed by atoms with Gasteiger partial charge in [-0.15, -0.1) is 11.8 Å². The summed E-state index contributed by atoms with van der Waals surface area (Å²) < 4.78 is 0. The molecule has 0 unspecified atom stereocenters. The molecule has 0 radical (unpaired) electrons. The van der Waals surface area contributed by atoms with Crippen LogP contribution in [0.4, 0.5) is 11.4 Å². The summed E-state index contributed by atoms with van der Waals surface area (Å²) in [4.78, 5) is 25.4. The number of amides is 2. The van der Waals surface area contributed by atoms with Gasteiger partial charge in [-0.1, -0.05) is 24.3 Å². The average molecular weight is 340 g/mol. The Kier molecular flexibility index (Phi) is 5.20. The summed E-state index contributed by atoms with van der Waals surface area (Å²) in [7, 11) is 0. The Morgan fingerprint density at radius 2 is 2.08 bits per heavy atom. The lowest BCUT2D eigenvalue weighted by Crippen LogP contribution is -2.30. The maximum atomic E-state index is 12.2. The van der Waals surface area contributed by atoms with Crippen molar-refractivity contribution in [2.24, 2.45) is 5.92 Å². The number of rotatable bonds is 5. The second-order valence-corrected chi connectivity index (χ2v) is 6.75. The summed E-state index contributed by atoms with van der Waals surface area (Å²) in [5.41, 5.74) is 2.82. The lowest BCUT2D eigenvalue weighted by molar-refractivity contribution is -0.121. The fraction of sp³-hybridized carbons (Fsp3) is 0.263. The quantitative estimate of drug-likeness (QED) is 0.811. The van der Waals surface area contributed by atoms with Gasteiger partial charge in [-0.05, 0) is 48.9 Å². The number of carbonyl (C=O) groups excluding carboxylic acids is 2. The van der Waals surface area contributed by atoms with Gasteiger partial charge in [0, 0.05) is 28.6 Å². The predicted octanol–water partition coefficient (Wildman–Crippen LogP) is 3.94. The number of nitrogens with one attached hydrogen (secondary N) is 2. The third-order valence-corrected chi connectivity index (χ3v) is 4.91. The maximum Gasteiger partial charge on any atom is 0.227 e. The number of hydrogen-bond donors (Lipinski definition) is 2. The molecule has 0 aliphatic carbocycles. The minimum Gasteiger partial charge on any atom is -0.326 e. The summed E-state index contributed by atoms with van der Waals surface area (Å²) in [5, 5.41) is 5.83. The van der Waals surface area contributed by atoms with Gasteiger partial charge >= 0.3 is 0 Å². The minimum absolute atomic E-state index is 0.00544. The lowest BCUT2D eigenvalue weighted by atomic mass is 9.89. The Morgan fingerprint density at radius 3 is 2.92 bits per heavy atom. The molecular formula is C19H20N2O2S. The van der Waals surface area contributed by atoms with E-state index in [-0.39, 0.29) is 17.7 Å². The van der Waals surface area contributed by atoms with Gasteiger partial charge in [0.2, 0.25) is 11.8 Å². The summed E-state index contributed by atoms with van der Waals surface area (Å²) in [6.07, 6.45) is 3.58. The fourth-order valence-corrected chi connectivity index (χ4v) is 3.34. The molecule has 0 aromatic heterocycles. The smallest absolute Gasteiger partial charge is 0.227 e. The van der Waals surface area contributed by atoms with E-state index in [1.165, 1.54) is 0 Å². The molecule has 2 aromatic carbocycles. The molecule has 5 heteroatoms. The summed E-state index contributed by atoms with van der Waals surface area (Å²) in [6.45, 7) is 0.